The topological polar surface area (TPSA) is 66.5 Å². The van der Waals surface area contributed by atoms with Gasteiger partial charge < -0.3 is 5.32 Å². The maximum absolute atomic E-state index is 12.2. The molecule has 0 atom stereocenters. The Bertz CT molecular complexity index is 659. The summed E-state index contributed by atoms with van der Waals surface area (Å²) in [5.41, 5.74) is 2.24. The number of nitrogens with one attached hydrogen (secondary N) is 1. The molecular formula is C17H28N2O3S2. The van der Waals surface area contributed by atoms with Gasteiger partial charge in [-0.2, -0.15) is 11.8 Å². The number of hydrogen-bond donors (Lipinski definition) is 1. The van der Waals surface area contributed by atoms with Crippen molar-refractivity contribution in [2.24, 2.45) is 0 Å². The fourth-order valence-electron chi connectivity index (χ4n) is 2.30. The standard InChI is InChI=1S/C17H28N2O3S2/c1-13-8-7-9-14(2)16(13)19(24(6,21)22)12-15(20)18-10-11-23-17(3,4)5/h7-9H,10-12H2,1-6H3,(H,18,20). The van der Waals surface area contributed by atoms with Crippen LogP contribution in [0.5, 0.6) is 0 Å². The van der Waals surface area contributed by atoms with Gasteiger partial charge in [0.25, 0.3) is 0 Å². The van der Waals surface area contributed by atoms with Crippen LogP contribution in [-0.2, 0) is 14.8 Å². The van der Waals surface area contributed by atoms with Crippen molar-refractivity contribution in [1.82, 2.24) is 5.32 Å². The summed E-state index contributed by atoms with van der Waals surface area (Å²) in [5.74, 6) is 0.495. The Kier molecular flexibility index (Phi) is 7.16. The smallest absolute Gasteiger partial charge is 0.240 e. The lowest BCUT2D eigenvalue weighted by atomic mass is 10.1. The minimum Gasteiger partial charge on any atom is -0.354 e. The minimum atomic E-state index is -3.54. The monoisotopic (exact) mass is 372 g/mol. The fourth-order valence-corrected chi connectivity index (χ4v) is 4.08. The first kappa shape index (κ1) is 20.8. The number of rotatable bonds is 7. The first-order valence-electron chi connectivity index (χ1n) is 7.86. The van der Waals surface area contributed by atoms with Crippen LogP contribution in [0.4, 0.5) is 5.69 Å². The number of carbonyl (C=O) groups is 1. The van der Waals surface area contributed by atoms with Gasteiger partial charge >= 0.3 is 0 Å². The number of hydrogen-bond acceptors (Lipinski definition) is 4. The maximum Gasteiger partial charge on any atom is 0.240 e. The summed E-state index contributed by atoms with van der Waals surface area (Å²) in [7, 11) is -3.54. The van der Waals surface area contributed by atoms with E-state index in [1.807, 2.05) is 32.0 Å². The molecule has 136 valence electrons. The Morgan fingerprint density at radius 2 is 1.75 bits per heavy atom. The summed E-state index contributed by atoms with van der Waals surface area (Å²) in [6.45, 7) is 10.4. The molecule has 5 nitrogen and oxygen atoms in total. The largest absolute Gasteiger partial charge is 0.354 e. The van der Waals surface area contributed by atoms with E-state index in [-0.39, 0.29) is 17.2 Å². The van der Waals surface area contributed by atoms with Gasteiger partial charge in [-0.15, -0.1) is 0 Å². The highest BCUT2D eigenvalue weighted by atomic mass is 32.2. The van der Waals surface area contributed by atoms with Crippen LogP contribution in [0.15, 0.2) is 18.2 Å². The number of amides is 1. The molecule has 1 aromatic carbocycles. The molecule has 1 N–H and O–H groups in total. The second-order valence-electron chi connectivity index (χ2n) is 6.82. The molecule has 1 amide bonds. The highest BCUT2D eigenvalue weighted by molar-refractivity contribution is 8.00. The quantitative estimate of drug-likeness (QED) is 0.748. The zero-order chi connectivity index (χ0) is 18.5. The molecule has 0 saturated heterocycles. The molecule has 0 radical (unpaired) electrons. The molecule has 0 aliphatic rings. The molecule has 0 aromatic heterocycles. The molecule has 0 spiro atoms. The van der Waals surface area contributed by atoms with Crippen molar-refractivity contribution in [3.05, 3.63) is 29.3 Å². The first-order chi connectivity index (χ1) is 10.9. The molecule has 1 aromatic rings. The number of carbonyl (C=O) groups excluding carboxylic acids is 1. The van der Waals surface area contributed by atoms with Gasteiger partial charge in [0, 0.05) is 17.0 Å². The van der Waals surface area contributed by atoms with Crippen LogP contribution in [-0.4, -0.2) is 44.2 Å². The van der Waals surface area contributed by atoms with E-state index in [2.05, 4.69) is 26.1 Å². The van der Waals surface area contributed by atoms with Gasteiger partial charge in [0.05, 0.1) is 11.9 Å². The summed E-state index contributed by atoms with van der Waals surface area (Å²) in [6, 6.07) is 5.56. The van der Waals surface area contributed by atoms with Crippen molar-refractivity contribution in [3.63, 3.8) is 0 Å². The fraction of sp³-hybridized carbons (Fsp3) is 0.588. The second-order valence-corrected chi connectivity index (χ2v) is 10.6. The SMILES string of the molecule is Cc1cccc(C)c1N(CC(=O)NCCSC(C)(C)C)S(C)(=O)=O. The zero-order valence-corrected chi connectivity index (χ0v) is 17.0. The van der Waals surface area contributed by atoms with Gasteiger partial charge in [-0.05, 0) is 25.0 Å². The first-order valence-corrected chi connectivity index (χ1v) is 10.7. The van der Waals surface area contributed by atoms with Crippen LogP contribution >= 0.6 is 11.8 Å². The summed E-state index contributed by atoms with van der Waals surface area (Å²) >= 11 is 1.75. The average molecular weight is 373 g/mol. The third kappa shape index (κ3) is 6.73. The van der Waals surface area contributed by atoms with Gasteiger partial charge in [0.1, 0.15) is 6.54 Å². The normalized spacial score (nSPS) is 12.1. The van der Waals surface area contributed by atoms with Crippen LogP contribution in [0.25, 0.3) is 0 Å². The van der Waals surface area contributed by atoms with Gasteiger partial charge in [-0.25, -0.2) is 8.42 Å². The number of para-hydroxylation sites is 1. The molecule has 0 aliphatic carbocycles. The van der Waals surface area contributed by atoms with E-state index in [9.17, 15) is 13.2 Å². The van der Waals surface area contributed by atoms with E-state index in [1.165, 1.54) is 4.31 Å². The number of sulfonamides is 1. The van der Waals surface area contributed by atoms with E-state index in [4.69, 9.17) is 0 Å². The highest BCUT2D eigenvalue weighted by Gasteiger charge is 2.23. The second kappa shape index (κ2) is 8.25. The van der Waals surface area contributed by atoms with Crippen molar-refractivity contribution in [1.29, 1.82) is 0 Å². The predicted octanol–water partition coefficient (Wildman–Crippen LogP) is 2.72. The number of anilines is 1. The molecule has 0 unspecified atom stereocenters. The number of benzene rings is 1. The minimum absolute atomic E-state index is 0.141. The van der Waals surface area contributed by atoms with Crippen LogP contribution in [0.2, 0.25) is 0 Å². The average Bonchev–Trinajstić information content (AvgIpc) is 2.40. The number of thioether (sulfide) groups is 1. The number of aryl methyl sites for hydroxylation is 2. The van der Waals surface area contributed by atoms with Crippen molar-refractivity contribution in [3.8, 4) is 0 Å². The lowest BCUT2D eigenvalue weighted by Gasteiger charge is -2.25. The predicted molar refractivity (Wildman–Crippen MR) is 103 cm³/mol. The lowest BCUT2D eigenvalue weighted by molar-refractivity contribution is -0.119. The Labute approximate surface area is 150 Å². The van der Waals surface area contributed by atoms with Crippen LogP contribution in [0.1, 0.15) is 31.9 Å². The molecule has 0 fully saturated rings. The van der Waals surface area contributed by atoms with Crippen molar-refractivity contribution >= 4 is 33.4 Å². The van der Waals surface area contributed by atoms with Gasteiger partial charge in [-0.3, -0.25) is 9.10 Å². The molecule has 24 heavy (non-hydrogen) atoms. The Balaban J connectivity index is 2.80. The van der Waals surface area contributed by atoms with Gasteiger partial charge in [0.2, 0.25) is 15.9 Å². The molecular weight excluding hydrogens is 344 g/mol. The molecule has 7 heteroatoms. The molecule has 0 heterocycles. The van der Waals surface area contributed by atoms with Crippen LogP contribution < -0.4 is 9.62 Å². The van der Waals surface area contributed by atoms with Crippen molar-refractivity contribution < 1.29 is 13.2 Å². The van der Waals surface area contributed by atoms with Crippen molar-refractivity contribution in [2.75, 3.05) is 29.4 Å². The summed E-state index contributed by atoms with van der Waals surface area (Å²) in [4.78, 5) is 12.2. The van der Waals surface area contributed by atoms with E-state index < -0.39 is 10.0 Å². The van der Waals surface area contributed by atoms with E-state index >= 15 is 0 Å². The summed E-state index contributed by atoms with van der Waals surface area (Å²) < 4.78 is 25.7. The lowest BCUT2D eigenvalue weighted by Crippen LogP contribution is -2.41. The number of nitrogens with zero attached hydrogens (tertiary/aromatic N) is 1. The highest BCUT2D eigenvalue weighted by Crippen LogP contribution is 2.26. The van der Waals surface area contributed by atoms with E-state index in [0.29, 0.717) is 12.2 Å². The van der Waals surface area contributed by atoms with E-state index in [1.54, 1.807) is 11.8 Å². The van der Waals surface area contributed by atoms with E-state index in [0.717, 1.165) is 23.1 Å². The molecule has 1 rings (SSSR count). The van der Waals surface area contributed by atoms with Crippen LogP contribution in [0.3, 0.4) is 0 Å². The Morgan fingerprint density at radius 3 is 2.21 bits per heavy atom. The maximum atomic E-state index is 12.2. The molecule has 0 aliphatic heterocycles. The zero-order valence-electron chi connectivity index (χ0n) is 15.3. The molecule has 0 bridgehead atoms. The Hall–Kier alpha value is -1.21. The summed E-state index contributed by atoms with van der Waals surface area (Å²) in [6.07, 6.45) is 1.13. The third-order valence-electron chi connectivity index (χ3n) is 3.34. The Morgan fingerprint density at radius 1 is 1.21 bits per heavy atom. The summed E-state index contributed by atoms with van der Waals surface area (Å²) in [5, 5.41) is 2.80. The van der Waals surface area contributed by atoms with Gasteiger partial charge in [0.15, 0.2) is 0 Å². The van der Waals surface area contributed by atoms with Crippen LogP contribution in [0, 0.1) is 13.8 Å². The van der Waals surface area contributed by atoms with Crippen molar-refractivity contribution in [2.45, 2.75) is 39.4 Å². The molecule has 0 saturated carbocycles. The van der Waals surface area contributed by atoms with Gasteiger partial charge in [-0.1, -0.05) is 39.0 Å². The third-order valence-corrected chi connectivity index (χ3v) is 5.72.